The molecule has 2 aromatic heterocycles. The summed E-state index contributed by atoms with van der Waals surface area (Å²) in [4.78, 5) is 11.0. The molecule has 3 heterocycles. The molecule has 0 aromatic carbocycles. The Morgan fingerprint density at radius 3 is 2.68 bits per heavy atom. The lowest BCUT2D eigenvalue weighted by Crippen LogP contribution is -2.56. The average molecular weight is 429 g/mol. The lowest BCUT2D eigenvalue weighted by Gasteiger charge is -2.48. The number of alkyl halides is 2. The number of hydrogen-bond acceptors (Lipinski definition) is 4. The zero-order chi connectivity index (χ0) is 22.8. The SMILES string of the molecule is C=C(c1cccnc1)c1nc(N2CCC(N)C(CC)(CC(C)C)C2)ccc1C(C)(F)F. The Hall–Kier alpha value is -2.34. The maximum absolute atomic E-state index is 14.4. The van der Waals surface area contributed by atoms with Crippen LogP contribution < -0.4 is 10.6 Å². The third kappa shape index (κ3) is 4.95. The van der Waals surface area contributed by atoms with Gasteiger partial charge in [-0.05, 0) is 43.4 Å². The molecule has 168 valence electrons. The molecule has 6 heteroatoms. The molecule has 1 aliphatic rings. The Morgan fingerprint density at radius 2 is 2.10 bits per heavy atom. The summed E-state index contributed by atoms with van der Waals surface area (Å²) < 4.78 is 28.8. The molecular weight excluding hydrogens is 394 g/mol. The highest BCUT2D eigenvalue weighted by atomic mass is 19.3. The summed E-state index contributed by atoms with van der Waals surface area (Å²) in [6, 6.07) is 6.90. The van der Waals surface area contributed by atoms with Gasteiger partial charge in [0.25, 0.3) is 5.92 Å². The van der Waals surface area contributed by atoms with Gasteiger partial charge in [-0.25, -0.2) is 13.8 Å². The minimum atomic E-state index is -3.03. The van der Waals surface area contributed by atoms with Gasteiger partial charge in [-0.2, -0.15) is 0 Å². The van der Waals surface area contributed by atoms with Gasteiger partial charge in [0.2, 0.25) is 0 Å². The standard InChI is InChI=1S/C25H34F2N4/c1-6-25(14-17(2)3)16-31(13-11-21(25)28)22-10-9-20(24(5,26)27)23(30-22)18(4)19-8-7-12-29-15-19/h7-10,12,15,17,21H,4,6,11,13-14,16,28H2,1-3,5H3. The molecular formula is C25H34F2N4. The molecule has 0 bridgehead atoms. The highest BCUT2D eigenvalue weighted by Crippen LogP contribution is 2.41. The minimum Gasteiger partial charge on any atom is -0.356 e. The molecule has 2 N–H and O–H groups in total. The Bertz CT molecular complexity index is 907. The number of halogens is 2. The van der Waals surface area contributed by atoms with E-state index in [1.165, 1.54) is 6.07 Å². The molecule has 0 saturated carbocycles. The van der Waals surface area contributed by atoms with Crippen molar-refractivity contribution in [3.8, 4) is 0 Å². The number of anilines is 1. The fourth-order valence-corrected chi connectivity index (χ4v) is 4.81. The highest BCUT2D eigenvalue weighted by molar-refractivity contribution is 5.78. The van der Waals surface area contributed by atoms with E-state index in [9.17, 15) is 8.78 Å². The van der Waals surface area contributed by atoms with Crippen LogP contribution in [0.15, 0.2) is 43.2 Å². The number of piperidine rings is 1. The van der Waals surface area contributed by atoms with Crippen molar-refractivity contribution in [2.24, 2.45) is 17.1 Å². The van der Waals surface area contributed by atoms with E-state index in [2.05, 4.69) is 37.2 Å². The molecule has 1 saturated heterocycles. The van der Waals surface area contributed by atoms with Crippen LogP contribution in [0.25, 0.3) is 5.57 Å². The first-order valence-corrected chi connectivity index (χ1v) is 11.1. The van der Waals surface area contributed by atoms with Gasteiger partial charge < -0.3 is 10.6 Å². The van der Waals surface area contributed by atoms with Gasteiger partial charge in [0.1, 0.15) is 5.82 Å². The van der Waals surface area contributed by atoms with E-state index in [-0.39, 0.29) is 22.7 Å². The second kappa shape index (κ2) is 9.03. The normalized spacial score (nSPS) is 22.1. The van der Waals surface area contributed by atoms with Gasteiger partial charge in [0, 0.05) is 60.6 Å². The molecule has 2 atom stereocenters. The van der Waals surface area contributed by atoms with Crippen molar-refractivity contribution < 1.29 is 8.78 Å². The third-order valence-corrected chi connectivity index (χ3v) is 6.49. The second-order valence-corrected chi connectivity index (χ2v) is 9.30. The van der Waals surface area contributed by atoms with Crippen LogP contribution in [0.3, 0.4) is 0 Å². The van der Waals surface area contributed by atoms with Crippen molar-refractivity contribution in [3.05, 3.63) is 60.1 Å². The lowest BCUT2D eigenvalue weighted by atomic mass is 9.69. The van der Waals surface area contributed by atoms with Crippen LogP contribution in [-0.4, -0.2) is 29.1 Å². The monoisotopic (exact) mass is 428 g/mol. The molecule has 0 spiro atoms. The van der Waals surface area contributed by atoms with Crippen LogP contribution in [-0.2, 0) is 5.92 Å². The largest absolute Gasteiger partial charge is 0.356 e. The zero-order valence-electron chi connectivity index (χ0n) is 19.0. The molecule has 1 aliphatic heterocycles. The molecule has 31 heavy (non-hydrogen) atoms. The van der Waals surface area contributed by atoms with Crippen LogP contribution in [0.5, 0.6) is 0 Å². The van der Waals surface area contributed by atoms with E-state index in [1.54, 1.807) is 24.5 Å². The number of pyridine rings is 2. The summed E-state index contributed by atoms with van der Waals surface area (Å²) >= 11 is 0. The van der Waals surface area contributed by atoms with Crippen LogP contribution in [0, 0.1) is 11.3 Å². The Labute approximate surface area is 184 Å². The minimum absolute atomic E-state index is 0.0119. The summed E-state index contributed by atoms with van der Waals surface area (Å²) in [7, 11) is 0. The van der Waals surface area contributed by atoms with Crippen molar-refractivity contribution >= 4 is 11.4 Å². The van der Waals surface area contributed by atoms with Crippen molar-refractivity contribution in [2.75, 3.05) is 18.0 Å². The fourth-order valence-electron chi connectivity index (χ4n) is 4.81. The van der Waals surface area contributed by atoms with Gasteiger partial charge in [0.15, 0.2) is 0 Å². The quantitative estimate of drug-likeness (QED) is 0.621. The van der Waals surface area contributed by atoms with E-state index in [0.717, 1.165) is 39.3 Å². The average Bonchev–Trinajstić information content (AvgIpc) is 2.74. The number of nitrogens with two attached hydrogens (primary N) is 1. The Morgan fingerprint density at radius 1 is 1.35 bits per heavy atom. The molecule has 1 fully saturated rings. The lowest BCUT2D eigenvalue weighted by molar-refractivity contribution is 0.0168. The Balaban J connectivity index is 2.01. The number of aromatic nitrogens is 2. The van der Waals surface area contributed by atoms with Gasteiger partial charge in [0.05, 0.1) is 5.69 Å². The summed E-state index contributed by atoms with van der Waals surface area (Å²) in [5.74, 6) is -1.80. The topological polar surface area (TPSA) is 55.0 Å². The van der Waals surface area contributed by atoms with Crippen molar-refractivity contribution in [1.29, 1.82) is 0 Å². The van der Waals surface area contributed by atoms with E-state index >= 15 is 0 Å². The molecule has 0 aliphatic carbocycles. The smallest absolute Gasteiger partial charge is 0.272 e. The maximum Gasteiger partial charge on any atom is 0.272 e. The van der Waals surface area contributed by atoms with Crippen molar-refractivity contribution in [1.82, 2.24) is 9.97 Å². The van der Waals surface area contributed by atoms with Gasteiger partial charge >= 0.3 is 0 Å². The third-order valence-electron chi connectivity index (χ3n) is 6.49. The van der Waals surface area contributed by atoms with E-state index in [4.69, 9.17) is 10.7 Å². The summed E-state index contributed by atoms with van der Waals surface area (Å²) in [5.41, 5.74) is 7.80. The zero-order valence-corrected chi connectivity index (χ0v) is 19.0. The van der Waals surface area contributed by atoms with Crippen LogP contribution in [0.2, 0.25) is 0 Å². The predicted molar refractivity (Wildman–Crippen MR) is 123 cm³/mol. The molecule has 4 nitrogen and oxygen atoms in total. The molecule has 3 rings (SSSR count). The van der Waals surface area contributed by atoms with E-state index < -0.39 is 5.92 Å². The first kappa shape index (κ1) is 23.3. The van der Waals surface area contributed by atoms with E-state index in [0.29, 0.717) is 22.9 Å². The molecule has 0 radical (unpaired) electrons. The van der Waals surface area contributed by atoms with Crippen LogP contribution in [0.4, 0.5) is 14.6 Å². The van der Waals surface area contributed by atoms with Gasteiger partial charge in [-0.15, -0.1) is 0 Å². The number of rotatable bonds is 7. The van der Waals surface area contributed by atoms with Crippen molar-refractivity contribution in [2.45, 2.75) is 58.9 Å². The Kier molecular flexibility index (Phi) is 6.79. The fraction of sp³-hybridized carbons (Fsp3) is 0.520. The summed E-state index contributed by atoms with van der Waals surface area (Å²) in [6.45, 7) is 13.1. The van der Waals surface area contributed by atoms with Gasteiger partial charge in [-0.1, -0.05) is 33.4 Å². The first-order valence-electron chi connectivity index (χ1n) is 11.1. The molecule has 0 amide bonds. The maximum atomic E-state index is 14.4. The highest BCUT2D eigenvalue weighted by Gasteiger charge is 2.41. The molecule has 2 unspecified atom stereocenters. The summed E-state index contributed by atoms with van der Waals surface area (Å²) in [5, 5.41) is 0. The van der Waals surface area contributed by atoms with Crippen LogP contribution >= 0.6 is 0 Å². The molecule has 2 aromatic rings. The second-order valence-electron chi connectivity index (χ2n) is 9.30. The number of hydrogen-bond donors (Lipinski definition) is 1. The van der Waals surface area contributed by atoms with E-state index in [1.807, 2.05) is 6.07 Å². The van der Waals surface area contributed by atoms with Crippen molar-refractivity contribution in [3.63, 3.8) is 0 Å². The number of nitrogens with zero attached hydrogens (tertiary/aromatic N) is 3. The summed E-state index contributed by atoms with van der Waals surface area (Å²) in [6.07, 6.45) is 6.13. The first-order chi connectivity index (χ1) is 14.6. The van der Waals surface area contributed by atoms with Gasteiger partial charge in [-0.3, -0.25) is 4.98 Å². The predicted octanol–water partition coefficient (Wildman–Crippen LogP) is 5.63. The van der Waals surface area contributed by atoms with Crippen LogP contribution in [0.1, 0.15) is 63.8 Å².